The Kier molecular flexibility index (Phi) is 5.97. The van der Waals surface area contributed by atoms with Gasteiger partial charge in [-0.1, -0.05) is 0 Å². The van der Waals surface area contributed by atoms with Crippen molar-refractivity contribution in [1.29, 1.82) is 0 Å². The zero-order valence-electron chi connectivity index (χ0n) is 11.8. The fourth-order valence-electron chi connectivity index (χ4n) is 1.62. The predicted octanol–water partition coefficient (Wildman–Crippen LogP) is 1.24. The Hall–Kier alpha value is -1.60. The van der Waals surface area contributed by atoms with Crippen LogP contribution in [0.4, 0.5) is 0 Å². The number of rotatable bonds is 7. The van der Waals surface area contributed by atoms with E-state index in [2.05, 4.69) is 4.72 Å². The Balaban J connectivity index is 2.69. The van der Waals surface area contributed by atoms with E-state index in [-0.39, 0.29) is 24.5 Å². The van der Waals surface area contributed by atoms with E-state index in [0.29, 0.717) is 5.75 Å². The van der Waals surface area contributed by atoms with Gasteiger partial charge in [0, 0.05) is 6.54 Å². The van der Waals surface area contributed by atoms with Crippen LogP contribution in [-0.4, -0.2) is 34.6 Å². The predicted molar refractivity (Wildman–Crippen MR) is 74.2 cm³/mol. The van der Waals surface area contributed by atoms with E-state index in [1.54, 1.807) is 19.9 Å². The van der Waals surface area contributed by atoms with Crippen molar-refractivity contribution in [3.05, 3.63) is 23.8 Å². The first-order valence-corrected chi connectivity index (χ1v) is 7.69. The molecule has 112 valence electrons. The van der Waals surface area contributed by atoms with E-state index < -0.39 is 16.0 Å². The quantitative estimate of drug-likeness (QED) is 0.766. The summed E-state index contributed by atoms with van der Waals surface area (Å²) >= 11 is 0. The molecule has 0 unspecified atom stereocenters. The van der Waals surface area contributed by atoms with E-state index in [0.717, 1.165) is 5.56 Å². The molecule has 0 aliphatic heterocycles. The standard InChI is InChI=1S/C13H19NO5S/c1-4-19-13(15)7-8-14-20(16,17)11-5-6-12(18-3)10(2)9-11/h5-6,9,14H,4,7-8H2,1-3H3. The van der Waals surface area contributed by atoms with Gasteiger partial charge in [-0.3, -0.25) is 4.79 Å². The van der Waals surface area contributed by atoms with Gasteiger partial charge >= 0.3 is 5.97 Å². The van der Waals surface area contributed by atoms with E-state index in [4.69, 9.17) is 9.47 Å². The summed E-state index contributed by atoms with van der Waals surface area (Å²) < 4.78 is 36.2. The van der Waals surface area contributed by atoms with Gasteiger partial charge in [-0.15, -0.1) is 0 Å². The molecule has 0 heterocycles. The van der Waals surface area contributed by atoms with Gasteiger partial charge in [0.2, 0.25) is 10.0 Å². The highest BCUT2D eigenvalue weighted by Gasteiger charge is 2.15. The van der Waals surface area contributed by atoms with Gasteiger partial charge < -0.3 is 9.47 Å². The molecule has 0 spiro atoms. The summed E-state index contributed by atoms with van der Waals surface area (Å²) in [5.41, 5.74) is 0.723. The highest BCUT2D eigenvalue weighted by Crippen LogP contribution is 2.21. The lowest BCUT2D eigenvalue weighted by atomic mass is 10.2. The number of benzene rings is 1. The molecule has 0 aliphatic rings. The molecule has 0 fully saturated rings. The molecule has 0 atom stereocenters. The molecule has 0 saturated heterocycles. The molecule has 20 heavy (non-hydrogen) atoms. The van der Waals surface area contributed by atoms with Crippen LogP contribution >= 0.6 is 0 Å². The van der Waals surface area contributed by atoms with Gasteiger partial charge in [-0.05, 0) is 37.6 Å². The van der Waals surface area contributed by atoms with Crippen molar-refractivity contribution in [3.63, 3.8) is 0 Å². The third-order valence-corrected chi connectivity index (χ3v) is 4.06. The molecule has 1 aromatic rings. The highest BCUT2D eigenvalue weighted by molar-refractivity contribution is 7.89. The largest absolute Gasteiger partial charge is 0.496 e. The minimum Gasteiger partial charge on any atom is -0.496 e. The fraction of sp³-hybridized carbons (Fsp3) is 0.462. The summed E-state index contributed by atoms with van der Waals surface area (Å²) in [6.07, 6.45) is 0.00219. The number of nitrogens with one attached hydrogen (secondary N) is 1. The van der Waals surface area contributed by atoms with E-state index in [9.17, 15) is 13.2 Å². The van der Waals surface area contributed by atoms with Crippen LogP contribution in [0.5, 0.6) is 5.75 Å². The summed E-state index contributed by atoms with van der Waals surface area (Å²) in [5.74, 6) is 0.191. The van der Waals surface area contributed by atoms with Gasteiger partial charge in [0.25, 0.3) is 0 Å². The molecule has 1 rings (SSSR count). The lowest BCUT2D eigenvalue weighted by Gasteiger charge is -2.09. The lowest BCUT2D eigenvalue weighted by molar-refractivity contribution is -0.142. The highest BCUT2D eigenvalue weighted by atomic mass is 32.2. The molecule has 1 N–H and O–H groups in total. The van der Waals surface area contributed by atoms with Gasteiger partial charge in [-0.2, -0.15) is 0 Å². The van der Waals surface area contributed by atoms with Crippen molar-refractivity contribution in [2.24, 2.45) is 0 Å². The molecule has 0 aromatic heterocycles. The number of esters is 1. The number of ether oxygens (including phenoxy) is 2. The summed E-state index contributed by atoms with van der Waals surface area (Å²) in [5, 5.41) is 0. The van der Waals surface area contributed by atoms with Crippen molar-refractivity contribution < 1.29 is 22.7 Å². The Morgan fingerprint density at radius 1 is 1.35 bits per heavy atom. The summed E-state index contributed by atoms with van der Waals surface area (Å²) in [6, 6.07) is 4.57. The third-order valence-electron chi connectivity index (χ3n) is 2.60. The van der Waals surface area contributed by atoms with Crippen molar-refractivity contribution in [3.8, 4) is 5.75 Å². The first kappa shape index (κ1) is 16.5. The third kappa shape index (κ3) is 4.50. The zero-order chi connectivity index (χ0) is 15.2. The van der Waals surface area contributed by atoms with Gasteiger partial charge in [0.05, 0.1) is 25.0 Å². The van der Waals surface area contributed by atoms with Gasteiger partial charge in [0.1, 0.15) is 5.75 Å². The average molecular weight is 301 g/mol. The van der Waals surface area contributed by atoms with Crippen LogP contribution in [-0.2, 0) is 19.6 Å². The van der Waals surface area contributed by atoms with Crippen molar-refractivity contribution in [1.82, 2.24) is 4.72 Å². The maximum Gasteiger partial charge on any atom is 0.307 e. The normalized spacial score (nSPS) is 11.2. The molecule has 0 amide bonds. The van der Waals surface area contributed by atoms with E-state index >= 15 is 0 Å². The molecular formula is C13H19NO5S. The number of hydrogen-bond donors (Lipinski definition) is 1. The molecule has 0 bridgehead atoms. The molecule has 0 saturated carbocycles. The summed E-state index contributed by atoms with van der Waals surface area (Å²) in [6.45, 7) is 3.74. The topological polar surface area (TPSA) is 81.7 Å². The van der Waals surface area contributed by atoms with Crippen LogP contribution in [0.2, 0.25) is 0 Å². The SMILES string of the molecule is CCOC(=O)CCNS(=O)(=O)c1ccc(OC)c(C)c1. The van der Waals surface area contributed by atoms with Crippen LogP contribution in [0, 0.1) is 6.92 Å². The maximum atomic E-state index is 12.0. The monoisotopic (exact) mass is 301 g/mol. The number of methoxy groups -OCH3 is 1. The minimum atomic E-state index is -3.63. The second kappa shape index (κ2) is 7.25. The summed E-state index contributed by atoms with van der Waals surface area (Å²) in [7, 11) is -2.11. The van der Waals surface area contributed by atoms with Crippen LogP contribution < -0.4 is 9.46 Å². The van der Waals surface area contributed by atoms with Crippen LogP contribution in [0.15, 0.2) is 23.1 Å². The van der Waals surface area contributed by atoms with E-state index in [1.807, 2.05) is 0 Å². The van der Waals surface area contributed by atoms with Crippen LogP contribution in [0.3, 0.4) is 0 Å². The van der Waals surface area contributed by atoms with Crippen molar-refractivity contribution >= 4 is 16.0 Å². The molecule has 7 heteroatoms. The first-order valence-electron chi connectivity index (χ1n) is 6.20. The number of aryl methyl sites for hydroxylation is 1. The Bertz CT molecular complexity index is 568. The lowest BCUT2D eigenvalue weighted by Crippen LogP contribution is -2.26. The van der Waals surface area contributed by atoms with Crippen LogP contribution in [0.1, 0.15) is 18.9 Å². The van der Waals surface area contributed by atoms with E-state index in [1.165, 1.54) is 19.2 Å². The number of carbonyl (C=O) groups excluding carboxylic acids is 1. The Labute approximate surface area is 119 Å². The molecule has 1 aromatic carbocycles. The van der Waals surface area contributed by atoms with Crippen LogP contribution in [0.25, 0.3) is 0 Å². The van der Waals surface area contributed by atoms with Gasteiger partial charge in [-0.25, -0.2) is 13.1 Å². The number of sulfonamides is 1. The number of carbonyl (C=O) groups is 1. The first-order chi connectivity index (χ1) is 9.40. The summed E-state index contributed by atoms with van der Waals surface area (Å²) in [4.78, 5) is 11.3. The molecule has 0 aliphatic carbocycles. The number of hydrogen-bond acceptors (Lipinski definition) is 5. The zero-order valence-corrected chi connectivity index (χ0v) is 12.6. The van der Waals surface area contributed by atoms with Crippen molar-refractivity contribution in [2.45, 2.75) is 25.2 Å². The minimum absolute atomic E-state index is 0.00219. The van der Waals surface area contributed by atoms with Gasteiger partial charge in [0.15, 0.2) is 0 Å². The average Bonchev–Trinajstić information content (AvgIpc) is 2.38. The second-order valence-corrected chi connectivity index (χ2v) is 5.85. The molecule has 6 nitrogen and oxygen atoms in total. The molecule has 0 radical (unpaired) electrons. The Morgan fingerprint density at radius 3 is 2.60 bits per heavy atom. The fourth-order valence-corrected chi connectivity index (χ4v) is 2.74. The Morgan fingerprint density at radius 2 is 2.05 bits per heavy atom. The smallest absolute Gasteiger partial charge is 0.307 e. The molecular weight excluding hydrogens is 282 g/mol. The maximum absolute atomic E-state index is 12.0. The second-order valence-electron chi connectivity index (χ2n) is 4.08. The van der Waals surface area contributed by atoms with Crippen molar-refractivity contribution in [2.75, 3.05) is 20.3 Å².